The second-order valence-corrected chi connectivity index (χ2v) is 8.23. The molecule has 0 atom stereocenters. The van der Waals surface area contributed by atoms with E-state index in [4.69, 9.17) is 4.42 Å². The van der Waals surface area contributed by atoms with Gasteiger partial charge in [-0.3, -0.25) is 4.79 Å². The van der Waals surface area contributed by atoms with Crippen molar-refractivity contribution in [3.63, 3.8) is 0 Å². The van der Waals surface area contributed by atoms with Gasteiger partial charge in [0.2, 0.25) is 5.89 Å². The Balaban J connectivity index is 1.68. The molecule has 0 aliphatic heterocycles. The number of halogens is 1. The number of amides is 1. The van der Waals surface area contributed by atoms with Gasteiger partial charge in [-0.1, -0.05) is 57.9 Å². The van der Waals surface area contributed by atoms with Gasteiger partial charge in [-0.15, -0.1) is 0 Å². The average Bonchev–Trinajstić information content (AvgIpc) is 3.21. The van der Waals surface area contributed by atoms with E-state index in [1.54, 1.807) is 12.3 Å². The molecule has 1 amide bonds. The molecule has 4 nitrogen and oxygen atoms in total. The lowest BCUT2D eigenvalue weighted by atomic mass is 10.0. The van der Waals surface area contributed by atoms with Crippen LogP contribution in [-0.4, -0.2) is 10.9 Å². The van der Waals surface area contributed by atoms with Crippen molar-refractivity contribution in [3.05, 3.63) is 93.6 Å². The molecule has 0 saturated heterocycles. The standard InChI is InChI=1S/C25H21BrN2O2/c1-15-11-16(2)23(17(3)12-15)28-24(29)20-9-4-5-10-21(20)25-27-14-22(30-25)18-7-6-8-19(26)13-18/h4-14H,1-3H3,(H,28,29). The largest absolute Gasteiger partial charge is 0.436 e. The smallest absolute Gasteiger partial charge is 0.256 e. The lowest BCUT2D eigenvalue weighted by Gasteiger charge is -2.14. The maximum atomic E-state index is 13.1. The molecule has 0 unspecified atom stereocenters. The fraction of sp³-hybridized carbons (Fsp3) is 0.120. The molecule has 4 aromatic rings. The van der Waals surface area contributed by atoms with Gasteiger partial charge in [0.05, 0.1) is 11.8 Å². The molecule has 0 radical (unpaired) electrons. The van der Waals surface area contributed by atoms with Gasteiger partial charge in [-0.05, 0) is 56.2 Å². The average molecular weight is 461 g/mol. The summed E-state index contributed by atoms with van der Waals surface area (Å²) in [6, 6.07) is 19.3. The van der Waals surface area contributed by atoms with Gasteiger partial charge in [0.25, 0.3) is 5.91 Å². The molecule has 0 aliphatic rings. The second kappa shape index (κ2) is 8.28. The molecule has 3 aromatic carbocycles. The maximum Gasteiger partial charge on any atom is 0.256 e. The molecule has 0 bridgehead atoms. The van der Waals surface area contributed by atoms with Gasteiger partial charge >= 0.3 is 0 Å². The summed E-state index contributed by atoms with van der Waals surface area (Å²) in [6.45, 7) is 6.05. The summed E-state index contributed by atoms with van der Waals surface area (Å²) in [7, 11) is 0. The molecule has 30 heavy (non-hydrogen) atoms. The van der Waals surface area contributed by atoms with Crippen LogP contribution in [0.5, 0.6) is 0 Å². The first-order valence-corrected chi connectivity index (χ1v) is 10.4. The first-order valence-electron chi connectivity index (χ1n) is 9.63. The number of carbonyl (C=O) groups excluding carboxylic acids is 1. The molecule has 5 heteroatoms. The van der Waals surface area contributed by atoms with Crippen LogP contribution < -0.4 is 5.32 Å². The number of rotatable bonds is 4. The minimum atomic E-state index is -0.192. The van der Waals surface area contributed by atoms with Crippen LogP contribution in [0.4, 0.5) is 5.69 Å². The highest BCUT2D eigenvalue weighted by molar-refractivity contribution is 9.10. The van der Waals surface area contributed by atoms with Crippen LogP contribution in [0.3, 0.4) is 0 Å². The summed E-state index contributed by atoms with van der Waals surface area (Å²) in [5.74, 6) is 0.864. The topological polar surface area (TPSA) is 55.1 Å². The van der Waals surface area contributed by atoms with E-state index in [0.717, 1.165) is 26.9 Å². The number of hydrogen-bond donors (Lipinski definition) is 1. The molecule has 150 valence electrons. The third kappa shape index (κ3) is 4.07. The van der Waals surface area contributed by atoms with E-state index in [2.05, 4.69) is 38.4 Å². The fourth-order valence-corrected chi connectivity index (χ4v) is 4.00. The van der Waals surface area contributed by atoms with Crippen molar-refractivity contribution in [1.29, 1.82) is 0 Å². The monoisotopic (exact) mass is 460 g/mol. The SMILES string of the molecule is Cc1cc(C)c(NC(=O)c2ccccc2-c2ncc(-c3cccc(Br)c3)o2)c(C)c1. The Hall–Kier alpha value is -3.18. The second-order valence-electron chi connectivity index (χ2n) is 7.31. The number of nitrogens with one attached hydrogen (secondary N) is 1. The number of carbonyl (C=O) groups is 1. The van der Waals surface area contributed by atoms with E-state index >= 15 is 0 Å². The zero-order chi connectivity index (χ0) is 21.3. The van der Waals surface area contributed by atoms with Crippen LogP contribution in [0.2, 0.25) is 0 Å². The maximum absolute atomic E-state index is 13.1. The fourth-order valence-electron chi connectivity index (χ4n) is 3.60. The van der Waals surface area contributed by atoms with E-state index in [1.807, 2.05) is 63.2 Å². The summed E-state index contributed by atoms with van der Waals surface area (Å²) in [5, 5.41) is 3.06. The van der Waals surface area contributed by atoms with E-state index < -0.39 is 0 Å². The predicted octanol–water partition coefficient (Wildman–Crippen LogP) is 6.95. The van der Waals surface area contributed by atoms with E-state index in [1.165, 1.54) is 5.56 Å². The first kappa shape index (κ1) is 20.1. The first-order chi connectivity index (χ1) is 14.4. The van der Waals surface area contributed by atoms with Crippen LogP contribution in [0, 0.1) is 20.8 Å². The van der Waals surface area contributed by atoms with Crippen molar-refractivity contribution in [2.24, 2.45) is 0 Å². The van der Waals surface area contributed by atoms with Crippen molar-refractivity contribution < 1.29 is 9.21 Å². The van der Waals surface area contributed by atoms with Crippen molar-refractivity contribution in [2.45, 2.75) is 20.8 Å². The van der Waals surface area contributed by atoms with Crippen molar-refractivity contribution in [3.8, 4) is 22.8 Å². The molecule has 1 N–H and O–H groups in total. The lowest BCUT2D eigenvalue weighted by molar-refractivity contribution is 0.102. The van der Waals surface area contributed by atoms with Crippen LogP contribution >= 0.6 is 15.9 Å². The van der Waals surface area contributed by atoms with Crippen LogP contribution in [0.1, 0.15) is 27.0 Å². The predicted molar refractivity (Wildman–Crippen MR) is 124 cm³/mol. The Morgan fingerprint density at radius 3 is 2.43 bits per heavy atom. The summed E-state index contributed by atoms with van der Waals surface area (Å²) in [5.41, 5.74) is 6.15. The summed E-state index contributed by atoms with van der Waals surface area (Å²) in [6.07, 6.45) is 1.68. The third-order valence-electron chi connectivity index (χ3n) is 4.93. The molecule has 4 rings (SSSR count). The number of aromatic nitrogens is 1. The zero-order valence-corrected chi connectivity index (χ0v) is 18.6. The van der Waals surface area contributed by atoms with Gasteiger partial charge in [0, 0.05) is 21.3 Å². The molecular weight excluding hydrogens is 440 g/mol. The van der Waals surface area contributed by atoms with Gasteiger partial charge < -0.3 is 9.73 Å². The third-order valence-corrected chi connectivity index (χ3v) is 5.43. The molecule has 1 aromatic heterocycles. The number of anilines is 1. The number of aryl methyl sites for hydroxylation is 3. The Bertz CT molecular complexity index is 1220. The van der Waals surface area contributed by atoms with Crippen LogP contribution in [0.15, 0.2) is 75.8 Å². The number of nitrogens with zero attached hydrogens (tertiary/aromatic N) is 1. The molecular formula is C25H21BrN2O2. The van der Waals surface area contributed by atoms with Crippen molar-refractivity contribution in [2.75, 3.05) is 5.32 Å². The Labute approximate surface area is 184 Å². The van der Waals surface area contributed by atoms with Crippen LogP contribution in [-0.2, 0) is 0 Å². The highest BCUT2D eigenvalue weighted by Gasteiger charge is 2.18. The summed E-state index contributed by atoms with van der Waals surface area (Å²) < 4.78 is 6.96. The van der Waals surface area contributed by atoms with Gasteiger partial charge in [-0.25, -0.2) is 4.98 Å². The normalized spacial score (nSPS) is 10.8. The molecule has 0 fully saturated rings. The lowest BCUT2D eigenvalue weighted by Crippen LogP contribution is -2.15. The summed E-state index contributed by atoms with van der Waals surface area (Å²) >= 11 is 3.47. The number of hydrogen-bond acceptors (Lipinski definition) is 3. The number of oxazole rings is 1. The zero-order valence-electron chi connectivity index (χ0n) is 17.0. The van der Waals surface area contributed by atoms with Crippen molar-refractivity contribution >= 4 is 27.5 Å². The highest BCUT2D eigenvalue weighted by atomic mass is 79.9. The Morgan fingerprint density at radius 1 is 0.967 bits per heavy atom. The van der Waals surface area contributed by atoms with Crippen LogP contribution in [0.25, 0.3) is 22.8 Å². The Morgan fingerprint density at radius 2 is 1.70 bits per heavy atom. The minimum Gasteiger partial charge on any atom is -0.436 e. The van der Waals surface area contributed by atoms with Gasteiger partial charge in [0.15, 0.2) is 5.76 Å². The van der Waals surface area contributed by atoms with E-state index in [9.17, 15) is 4.79 Å². The Kier molecular flexibility index (Phi) is 5.55. The quantitative estimate of drug-likeness (QED) is 0.358. The molecule has 0 aliphatic carbocycles. The highest BCUT2D eigenvalue weighted by Crippen LogP contribution is 2.30. The van der Waals surface area contributed by atoms with E-state index in [0.29, 0.717) is 22.8 Å². The molecule has 1 heterocycles. The van der Waals surface area contributed by atoms with Crippen molar-refractivity contribution in [1.82, 2.24) is 4.98 Å². The van der Waals surface area contributed by atoms with E-state index in [-0.39, 0.29) is 5.91 Å². The molecule has 0 saturated carbocycles. The molecule has 0 spiro atoms. The van der Waals surface area contributed by atoms with Gasteiger partial charge in [0.1, 0.15) is 0 Å². The summed E-state index contributed by atoms with van der Waals surface area (Å²) in [4.78, 5) is 17.6. The minimum absolute atomic E-state index is 0.192. The number of benzene rings is 3. The van der Waals surface area contributed by atoms with Gasteiger partial charge in [-0.2, -0.15) is 0 Å².